The Morgan fingerprint density at radius 3 is 2.63 bits per heavy atom. The van der Waals surface area contributed by atoms with Crippen LogP contribution in [0.5, 0.6) is 0 Å². The lowest BCUT2D eigenvalue weighted by Gasteiger charge is -2.39. The van der Waals surface area contributed by atoms with Crippen LogP contribution in [0.3, 0.4) is 0 Å². The van der Waals surface area contributed by atoms with Crippen molar-refractivity contribution in [1.82, 2.24) is 0 Å². The zero-order valence-corrected chi connectivity index (χ0v) is 17.2. The van der Waals surface area contributed by atoms with Crippen molar-refractivity contribution in [3.05, 3.63) is 29.3 Å². The number of rotatable bonds is 10. The van der Waals surface area contributed by atoms with Crippen LogP contribution >= 0.6 is 0 Å². The number of methoxy groups -OCH3 is 1. The minimum absolute atomic E-state index is 0.00675. The topological polar surface area (TPSA) is 76.1 Å². The normalized spacial score (nSPS) is 22.0. The number of carbonyl (C=O) groups excluding carboxylic acids is 1. The van der Waals surface area contributed by atoms with E-state index < -0.39 is 17.7 Å². The Morgan fingerprint density at radius 1 is 1.33 bits per heavy atom. The van der Waals surface area contributed by atoms with Crippen LogP contribution in [-0.2, 0) is 20.4 Å². The maximum Gasteiger partial charge on any atom is 0.416 e. The third-order valence-corrected chi connectivity index (χ3v) is 5.56. The maximum atomic E-state index is 13.0. The molecule has 1 fully saturated rings. The smallest absolute Gasteiger partial charge is 0.416 e. The molecule has 1 aromatic rings. The Morgan fingerprint density at radius 2 is 2.07 bits per heavy atom. The molecule has 0 unspecified atom stereocenters. The number of anilines is 1. The van der Waals surface area contributed by atoms with Gasteiger partial charge in [-0.05, 0) is 50.3 Å². The third kappa shape index (κ3) is 6.43. The van der Waals surface area contributed by atoms with Crippen LogP contribution in [0.25, 0.3) is 0 Å². The summed E-state index contributed by atoms with van der Waals surface area (Å²) in [5, 5.41) is 9.08. The molecule has 3 atom stereocenters. The molecule has 1 aromatic carbocycles. The van der Waals surface area contributed by atoms with Crippen molar-refractivity contribution < 1.29 is 37.3 Å². The van der Waals surface area contributed by atoms with Crippen LogP contribution in [0.4, 0.5) is 18.9 Å². The van der Waals surface area contributed by atoms with Crippen molar-refractivity contribution in [1.29, 1.82) is 0 Å². The van der Waals surface area contributed by atoms with E-state index in [-0.39, 0.29) is 36.7 Å². The molecule has 0 radical (unpaired) electrons. The van der Waals surface area contributed by atoms with E-state index in [0.29, 0.717) is 31.5 Å². The van der Waals surface area contributed by atoms with Crippen LogP contribution < -0.4 is 4.90 Å². The maximum absolute atomic E-state index is 13.0. The summed E-state index contributed by atoms with van der Waals surface area (Å²) in [4.78, 5) is 24.4. The lowest BCUT2D eigenvalue weighted by molar-refractivity contribution is -0.140. The van der Waals surface area contributed by atoms with Crippen molar-refractivity contribution in [2.45, 2.75) is 44.9 Å². The summed E-state index contributed by atoms with van der Waals surface area (Å²) >= 11 is 0. The Hall–Kier alpha value is -2.13. The fourth-order valence-electron chi connectivity index (χ4n) is 4.07. The van der Waals surface area contributed by atoms with Crippen LogP contribution in [0.2, 0.25) is 0 Å². The lowest BCUT2D eigenvalue weighted by atomic mass is 9.78. The number of aliphatic carboxylic acids is 1. The number of ether oxygens (including phenoxy) is 2. The van der Waals surface area contributed by atoms with Gasteiger partial charge < -0.3 is 19.5 Å². The van der Waals surface area contributed by atoms with Crippen LogP contribution in [-0.4, -0.2) is 50.5 Å². The molecule has 30 heavy (non-hydrogen) atoms. The summed E-state index contributed by atoms with van der Waals surface area (Å²) < 4.78 is 49.8. The summed E-state index contributed by atoms with van der Waals surface area (Å²) in [5.41, 5.74) is -0.431. The average Bonchev–Trinajstić information content (AvgIpc) is 2.70. The standard InChI is InChI=1S/C21H28F3NO5/c1-3-25(18-7-6-17(21(22,23)24)10-16(18)12-26)11-15-5-4-14(9-20(27)28)8-19(15)30-13-29-2/h6-7,10,12,14-15,19H,3-5,8-9,11,13H2,1-2H3,(H,27,28)/t14-,15+,19-/m0/s1. The molecule has 0 spiro atoms. The summed E-state index contributed by atoms with van der Waals surface area (Å²) in [7, 11) is 1.50. The van der Waals surface area contributed by atoms with Crippen molar-refractivity contribution in [3.63, 3.8) is 0 Å². The van der Waals surface area contributed by atoms with Gasteiger partial charge in [0.1, 0.15) is 6.79 Å². The van der Waals surface area contributed by atoms with E-state index >= 15 is 0 Å². The van der Waals surface area contributed by atoms with Gasteiger partial charge in [0, 0.05) is 43.8 Å². The molecule has 0 bridgehead atoms. The molecule has 6 nitrogen and oxygen atoms in total. The zero-order chi connectivity index (χ0) is 22.3. The summed E-state index contributed by atoms with van der Waals surface area (Å²) in [6, 6.07) is 3.18. The van der Waals surface area contributed by atoms with Crippen molar-refractivity contribution >= 4 is 17.9 Å². The largest absolute Gasteiger partial charge is 0.481 e. The van der Waals surface area contributed by atoms with Gasteiger partial charge in [0.25, 0.3) is 0 Å². The molecule has 168 valence electrons. The molecule has 0 aliphatic heterocycles. The highest BCUT2D eigenvalue weighted by Gasteiger charge is 2.34. The fourth-order valence-corrected chi connectivity index (χ4v) is 4.07. The van der Waals surface area contributed by atoms with E-state index in [1.54, 1.807) is 0 Å². The van der Waals surface area contributed by atoms with Gasteiger partial charge in [-0.25, -0.2) is 0 Å². The SMILES string of the molecule is CCN(C[C@H]1CC[C@H](CC(=O)O)C[C@@H]1OCOC)c1ccc(C(F)(F)F)cc1C=O. The predicted octanol–water partition coefficient (Wildman–Crippen LogP) is 4.22. The fraction of sp³-hybridized carbons (Fsp3) is 0.619. The van der Waals surface area contributed by atoms with E-state index in [1.165, 1.54) is 13.2 Å². The molecule has 0 saturated heterocycles. The van der Waals surface area contributed by atoms with E-state index in [1.807, 2.05) is 11.8 Å². The first-order valence-corrected chi connectivity index (χ1v) is 9.93. The Balaban J connectivity index is 2.20. The number of carbonyl (C=O) groups is 2. The highest BCUT2D eigenvalue weighted by atomic mass is 19.4. The molecule has 1 saturated carbocycles. The van der Waals surface area contributed by atoms with Crippen LogP contribution in [0.1, 0.15) is 48.5 Å². The second kappa shape index (κ2) is 10.8. The predicted molar refractivity (Wildman–Crippen MR) is 105 cm³/mol. The highest BCUT2D eigenvalue weighted by Crippen LogP contribution is 2.36. The van der Waals surface area contributed by atoms with E-state index in [0.717, 1.165) is 25.0 Å². The molecule has 1 N–H and O–H groups in total. The Bertz CT molecular complexity index is 725. The van der Waals surface area contributed by atoms with E-state index in [4.69, 9.17) is 14.6 Å². The minimum atomic E-state index is -4.52. The van der Waals surface area contributed by atoms with Gasteiger partial charge >= 0.3 is 12.1 Å². The van der Waals surface area contributed by atoms with Crippen LogP contribution in [0.15, 0.2) is 18.2 Å². The van der Waals surface area contributed by atoms with Crippen molar-refractivity contribution in [2.75, 3.05) is 31.9 Å². The molecule has 1 aliphatic carbocycles. The molecule has 1 aliphatic rings. The first kappa shape index (κ1) is 24.1. The number of carboxylic acid groups (broad SMARTS) is 1. The molecule has 9 heteroatoms. The monoisotopic (exact) mass is 431 g/mol. The second-order valence-corrected chi connectivity index (χ2v) is 7.58. The molecule has 0 heterocycles. The number of aldehydes is 1. The molecule has 2 rings (SSSR count). The lowest BCUT2D eigenvalue weighted by Crippen LogP contribution is -2.41. The molecular formula is C21H28F3NO5. The van der Waals surface area contributed by atoms with Gasteiger partial charge in [-0.15, -0.1) is 0 Å². The number of halogens is 3. The first-order chi connectivity index (χ1) is 14.2. The van der Waals surface area contributed by atoms with Gasteiger partial charge in [-0.3, -0.25) is 9.59 Å². The third-order valence-electron chi connectivity index (χ3n) is 5.56. The second-order valence-electron chi connectivity index (χ2n) is 7.58. The number of carboxylic acids is 1. The number of hydrogen-bond acceptors (Lipinski definition) is 5. The molecular weight excluding hydrogens is 403 g/mol. The number of nitrogens with zero attached hydrogens (tertiary/aromatic N) is 1. The van der Waals surface area contributed by atoms with Gasteiger partial charge in [0.15, 0.2) is 6.29 Å². The van der Waals surface area contributed by atoms with E-state index in [9.17, 15) is 22.8 Å². The van der Waals surface area contributed by atoms with E-state index in [2.05, 4.69) is 0 Å². The zero-order valence-electron chi connectivity index (χ0n) is 17.2. The number of hydrogen-bond donors (Lipinski definition) is 1. The van der Waals surface area contributed by atoms with Crippen molar-refractivity contribution in [3.8, 4) is 0 Å². The summed E-state index contributed by atoms with van der Waals surface area (Å²) in [6.45, 7) is 2.93. The van der Waals surface area contributed by atoms with Crippen molar-refractivity contribution in [2.24, 2.45) is 11.8 Å². The Labute approximate surface area is 174 Å². The molecule has 0 aromatic heterocycles. The Kier molecular flexibility index (Phi) is 8.66. The average molecular weight is 431 g/mol. The van der Waals surface area contributed by atoms with Gasteiger partial charge in [-0.1, -0.05) is 0 Å². The highest BCUT2D eigenvalue weighted by molar-refractivity contribution is 5.85. The quantitative estimate of drug-likeness (QED) is 0.442. The number of alkyl halides is 3. The molecule has 0 amide bonds. The van der Waals surface area contributed by atoms with Crippen LogP contribution in [0, 0.1) is 11.8 Å². The number of benzene rings is 1. The van der Waals surface area contributed by atoms with Gasteiger partial charge in [0.2, 0.25) is 0 Å². The minimum Gasteiger partial charge on any atom is -0.481 e. The van der Waals surface area contributed by atoms with Gasteiger partial charge in [0.05, 0.1) is 11.7 Å². The summed E-state index contributed by atoms with van der Waals surface area (Å²) in [6.07, 6.45) is -2.21. The van der Waals surface area contributed by atoms with Gasteiger partial charge in [-0.2, -0.15) is 13.2 Å². The first-order valence-electron chi connectivity index (χ1n) is 9.93. The summed E-state index contributed by atoms with van der Waals surface area (Å²) in [5.74, 6) is -0.807.